The second-order valence-corrected chi connectivity index (χ2v) is 6.52. The SMILES string of the molecule is Cc1ccccc1CC1(O)CCCC(C)(C)C1. The van der Waals surface area contributed by atoms with Gasteiger partial charge in [0.2, 0.25) is 0 Å². The van der Waals surface area contributed by atoms with E-state index in [9.17, 15) is 5.11 Å². The third kappa shape index (κ3) is 3.10. The highest BCUT2D eigenvalue weighted by atomic mass is 16.3. The fourth-order valence-corrected chi connectivity index (χ4v) is 3.28. The summed E-state index contributed by atoms with van der Waals surface area (Å²) in [5.74, 6) is 0. The Morgan fingerprint density at radius 1 is 1.18 bits per heavy atom. The van der Waals surface area contributed by atoms with Gasteiger partial charge in [-0.25, -0.2) is 0 Å². The summed E-state index contributed by atoms with van der Waals surface area (Å²) >= 11 is 0. The van der Waals surface area contributed by atoms with E-state index in [4.69, 9.17) is 0 Å². The predicted octanol–water partition coefficient (Wildman–Crippen LogP) is 3.87. The van der Waals surface area contributed by atoms with Gasteiger partial charge in [-0.15, -0.1) is 0 Å². The van der Waals surface area contributed by atoms with Crippen LogP contribution in [-0.4, -0.2) is 10.7 Å². The lowest BCUT2D eigenvalue weighted by atomic mass is 9.68. The topological polar surface area (TPSA) is 20.2 Å². The molecule has 0 bridgehead atoms. The normalized spacial score (nSPS) is 28.0. The van der Waals surface area contributed by atoms with Crippen molar-refractivity contribution < 1.29 is 5.11 Å². The van der Waals surface area contributed by atoms with Gasteiger partial charge in [0, 0.05) is 6.42 Å². The molecule has 1 nitrogen and oxygen atoms in total. The van der Waals surface area contributed by atoms with Gasteiger partial charge < -0.3 is 5.11 Å². The smallest absolute Gasteiger partial charge is 0.0693 e. The molecule has 1 aliphatic rings. The van der Waals surface area contributed by atoms with E-state index in [2.05, 4.69) is 45.0 Å². The Morgan fingerprint density at radius 2 is 1.88 bits per heavy atom. The van der Waals surface area contributed by atoms with Gasteiger partial charge in [-0.2, -0.15) is 0 Å². The maximum absolute atomic E-state index is 10.8. The first-order chi connectivity index (χ1) is 7.90. The molecule has 0 spiro atoms. The monoisotopic (exact) mass is 232 g/mol. The molecule has 1 aliphatic carbocycles. The highest BCUT2D eigenvalue weighted by Gasteiger charge is 2.38. The highest BCUT2D eigenvalue weighted by molar-refractivity contribution is 5.27. The molecule has 17 heavy (non-hydrogen) atoms. The van der Waals surface area contributed by atoms with Crippen LogP contribution in [0, 0.1) is 12.3 Å². The molecule has 0 aliphatic heterocycles. The summed E-state index contributed by atoms with van der Waals surface area (Å²) in [6, 6.07) is 8.41. The van der Waals surface area contributed by atoms with Gasteiger partial charge in [0.1, 0.15) is 0 Å². The Kier molecular flexibility index (Phi) is 3.31. The van der Waals surface area contributed by atoms with E-state index in [1.165, 1.54) is 17.5 Å². The summed E-state index contributed by atoms with van der Waals surface area (Å²) < 4.78 is 0. The summed E-state index contributed by atoms with van der Waals surface area (Å²) in [5.41, 5.74) is 2.39. The van der Waals surface area contributed by atoms with Gasteiger partial charge in [0.25, 0.3) is 0 Å². The van der Waals surface area contributed by atoms with Crippen LogP contribution in [0.4, 0.5) is 0 Å². The summed E-state index contributed by atoms with van der Waals surface area (Å²) in [6.45, 7) is 6.68. The van der Waals surface area contributed by atoms with Gasteiger partial charge in [0.15, 0.2) is 0 Å². The number of hydrogen-bond donors (Lipinski definition) is 1. The Balaban J connectivity index is 2.15. The van der Waals surface area contributed by atoms with Crippen LogP contribution in [0.3, 0.4) is 0 Å². The number of aryl methyl sites for hydroxylation is 1. The average molecular weight is 232 g/mol. The summed E-state index contributed by atoms with van der Waals surface area (Å²) in [6.07, 6.45) is 5.07. The molecule has 0 aromatic heterocycles. The molecule has 1 fully saturated rings. The van der Waals surface area contributed by atoms with Gasteiger partial charge >= 0.3 is 0 Å². The van der Waals surface area contributed by atoms with Gasteiger partial charge in [-0.05, 0) is 42.7 Å². The van der Waals surface area contributed by atoms with E-state index < -0.39 is 5.60 Å². The fraction of sp³-hybridized carbons (Fsp3) is 0.625. The molecule has 94 valence electrons. The molecule has 1 unspecified atom stereocenters. The van der Waals surface area contributed by atoms with Crippen molar-refractivity contribution in [1.29, 1.82) is 0 Å². The third-order valence-electron chi connectivity index (χ3n) is 4.08. The molecule has 1 saturated carbocycles. The maximum Gasteiger partial charge on any atom is 0.0693 e. The van der Waals surface area contributed by atoms with Crippen LogP contribution in [0.25, 0.3) is 0 Å². The molecule has 0 amide bonds. The van der Waals surface area contributed by atoms with Crippen molar-refractivity contribution in [2.24, 2.45) is 5.41 Å². The van der Waals surface area contributed by atoms with Crippen molar-refractivity contribution in [3.8, 4) is 0 Å². The predicted molar refractivity (Wildman–Crippen MR) is 72.1 cm³/mol. The van der Waals surface area contributed by atoms with E-state index in [0.29, 0.717) is 0 Å². The van der Waals surface area contributed by atoms with Crippen LogP contribution in [0.5, 0.6) is 0 Å². The fourth-order valence-electron chi connectivity index (χ4n) is 3.28. The van der Waals surface area contributed by atoms with Crippen LogP contribution < -0.4 is 0 Å². The summed E-state index contributed by atoms with van der Waals surface area (Å²) in [7, 11) is 0. The molecule has 1 N–H and O–H groups in total. The molecular formula is C16H24O. The van der Waals surface area contributed by atoms with E-state index in [1.807, 2.05) is 0 Å². The molecule has 0 radical (unpaired) electrons. The average Bonchev–Trinajstić information content (AvgIpc) is 2.19. The van der Waals surface area contributed by atoms with Crippen LogP contribution in [-0.2, 0) is 6.42 Å². The van der Waals surface area contributed by atoms with Crippen molar-refractivity contribution >= 4 is 0 Å². The minimum absolute atomic E-state index is 0.287. The standard InChI is InChI=1S/C16H24O/c1-13-7-4-5-8-14(13)11-16(17)10-6-9-15(2,3)12-16/h4-5,7-8,17H,6,9-12H2,1-3H3. The van der Waals surface area contributed by atoms with Crippen LogP contribution in [0.15, 0.2) is 24.3 Å². The molecule has 1 heteroatoms. The van der Waals surface area contributed by atoms with E-state index >= 15 is 0 Å². The molecule has 1 atom stereocenters. The zero-order valence-electron chi connectivity index (χ0n) is 11.3. The summed E-state index contributed by atoms with van der Waals surface area (Å²) in [4.78, 5) is 0. The minimum atomic E-state index is -0.492. The van der Waals surface area contributed by atoms with Crippen molar-refractivity contribution in [3.05, 3.63) is 35.4 Å². The number of aliphatic hydroxyl groups is 1. The minimum Gasteiger partial charge on any atom is -0.390 e. The molecular weight excluding hydrogens is 208 g/mol. The van der Waals surface area contributed by atoms with Gasteiger partial charge in [-0.1, -0.05) is 44.5 Å². The summed E-state index contributed by atoms with van der Waals surface area (Å²) in [5, 5.41) is 10.8. The van der Waals surface area contributed by atoms with Crippen LogP contribution in [0.1, 0.15) is 50.7 Å². The zero-order valence-corrected chi connectivity index (χ0v) is 11.3. The largest absolute Gasteiger partial charge is 0.390 e. The number of rotatable bonds is 2. The highest BCUT2D eigenvalue weighted by Crippen LogP contribution is 2.42. The van der Waals surface area contributed by atoms with Crippen LogP contribution >= 0.6 is 0 Å². The molecule has 1 aromatic carbocycles. The van der Waals surface area contributed by atoms with E-state index in [1.54, 1.807) is 0 Å². The lowest BCUT2D eigenvalue weighted by Gasteiger charge is -2.42. The van der Waals surface area contributed by atoms with E-state index in [0.717, 1.165) is 25.7 Å². The zero-order chi connectivity index (χ0) is 12.5. The first-order valence-electron chi connectivity index (χ1n) is 6.67. The van der Waals surface area contributed by atoms with Gasteiger partial charge in [-0.3, -0.25) is 0 Å². The molecule has 1 aromatic rings. The van der Waals surface area contributed by atoms with Gasteiger partial charge in [0.05, 0.1) is 5.60 Å². The van der Waals surface area contributed by atoms with Crippen molar-refractivity contribution in [3.63, 3.8) is 0 Å². The first kappa shape index (κ1) is 12.6. The van der Waals surface area contributed by atoms with Crippen LogP contribution in [0.2, 0.25) is 0 Å². The Hall–Kier alpha value is -0.820. The third-order valence-corrected chi connectivity index (χ3v) is 4.08. The molecule has 0 heterocycles. The Labute approximate surface area is 105 Å². The van der Waals surface area contributed by atoms with Crippen molar-refractivity contribution in [1.82, 2.24) is 0 Å². The number of hydrogen-bond acceptors (Lipinski definition) is 1. The lowest BCUT2D eigenvalue weighted by molar-refractivity contribution is -0.0383. The van der Waals surface area contributed by atoms with Crippen molar-refractivity contribution in [2.45, 2.75) is 58.5 Å². The molecule has 0 saturated heterocycles. The number of benzene rings is 1. The van der Waals surface area contributed by atoms with Crippen molar-refractivity contribution in [2.75, 3.05) is 0 Å². The Morgan fingerprint density at radius 3 is 2.53 bits per heavy atom. The quantitative estimate of drug-likeness (QED) is 0.820. The maximum atomic E-state index is 10.8. The molecule has 2 rings (SSSR count). The van der Waals surface area contributed by atoms with E-state index in [-0.39, 0.29) is 5.41 Å². The Bertz CT molecular complexity index is 394. The second kappa shape index (κ2) is 4.45. The lowest BCUT2D eigenvalue weighted by Crippen LogP contribution is -2.40. The second-order valence-electron chi connectivity index (χ2n) is 6.52. The first-order valence-corrected chi connectivity index (χ1v) is 6.67.